The maximum atomic E-state index is 13.1. The Morgan fingerprint density at radius 3 is 2.56 bits per heavy atom. The molecule has 0 spiro atoms. The Kier molecular flexibility index (Phi) is 7.76. The summed E-state index contributed by atoms with van der Waals surface area (Å²) in [5.74, 6) is 0.441. The highest BCUT2D eigenvalue weighted by Gasteiger charge is 2.33. The van der Waals surface area contributed by atoms with Gasteiger partial charge in [-0.15, -0.1) is 0 Å². The number of ether oxygens (including phenoxy) is 2. The Morgan fingerprint density at radius 1 is 1.03 bits per heavy atom. The van der Waals surface area contributed by atoms with Crippen LogP contribution in [0.25, 0.3) is 6.08 Å². The molecule has 0 saturated carbocycles. The van der Waals surface area contributed by atoms with Crippen molar-refractivity contribution < 1.29 is 19.1 Å². The predicted molar refractivity (Wildman–Crippen MR) is 150 cm³/mol. The average Bonchev–Trinajstić information content (AvgIpc) is 3.12. The van der Waals surface area contributed by atoms with Crippen LogP contribution in [-0.4, -0.2) is 29.9 Å². The molecule has 3 aromatic carbocycles. The highest BCUT2D eigenvalue weighted by atomic mass is 32.2. The number of nitrogens with zero attached hydrogens (tertiary/aromatic N) is 1. The zero-order chi connectivity index (χ0) is 25.8. The van der Waals surface area contributed by atoms with Crippen molar-refractivity contribution in [3.05, 3.63) is 87.8 Å². The van der Waals surface area contributed by atoms with Gasteiger partial charge in [0.25, 0.3) is 11.8 Å². The predicted octanol–water partition coefficient (Wildman–Crippen LogP) is 6.04. The Balaban J connectivity index is 1.45. The van der Waals surface area contributed by atoms with Crippen LogP contribution in [0.1, 0.15) is 22.3 Å². The summed E-state index contributed by atoms with van der Waals surface area (Å²) in [4.78, 5) is 27.5. The summed E-state index contributed by atoms with van der Waals surface area (Å²) in [6.45, 7) is 5.82. The molecule has 1 aliphatic heterocycles. The van der Waals surface area contributed by atoms with Crippen molar-refractivity contribution in [2.24, 2.45) is 0 Å². The molecule has 36 heavy (non-hydrogen) atoms. The molecule has 0 atom stereocenters. The number of benzene rings is 3. The fourth-order valence-electron chi connectivity index (χ4n) is 3.66. The summed E-state index contributed by atoms with van der Waals surface area (Å²) < 4.78 is 11.7. The Bertz CT molecular complexity index is 1380. The normalized spacial score (nSPS) is 14.3. The Morgan fingerprint density at radius 2 is 1.83 bits per heavy atom. The summed E-state index contributed by atoms with van der Waals surface area (Å²) in [6.07, 6.45) is 1.77. The van der Waals surface area contributed by atoms with Crippen molar-refractivity contribution in [1.29, 1.82) is 0 Å². The molecular formula is C28H26N2O4S2. The smallest absolute Gasteiger partial charge is 0.270 e. The van der Waals surface area contributed by atoms with Gasteiger partial charge < -0.3 is 14.8 Å². The van der Waals surface area contributed by atoms with Crippen LogP contribution in [0.15, 0.2) is 65.6 Å². The lowest BCUT2D eigenvalue weighted by Crippen LogP contribution is -2.27. The summed E-state index contributed by atoms with van der Waals surface area (Å²) in [6, 6.07) is 18.7. The van der Waals surface area contributed by atoms with Gasteiger partial charge in [0, 0.05) is 5.69 Å². The van der Waals surface area contributed by atoms with E-state index in [1.807, 2.05) is 63.2 Å². The SMILES string of the molecule is COc1cc(/C=C2\SC(=S)N(c3cccc(C)c3)C2=O)ccc1OCC(=O)Nc1ccc(C)c(C)c1. The van der Waals surface area contributed by atoms with E-state index in [0.29, 0.717) is 20.7 Å². The van der Waals surface area contributed by atoms with E-state index in [1.54, 1.807) is 29.2 Å². The van der Waals surface area contributed by atoms with E-state index < -0.39 is 0 Å². The van der Waals surface area contributed by atoms with Crippen LogP contribution in [0.5, 0.6) is 11.5 Å². The number of hydrogen-bond acceptors (Lipinski definition) is 6. The number of thioether (sulfide) groups is 1. The number of hydrogen-bond donors (Lipinski definition) is 1. The summed E-state index contributed by atoms with van der Waals surface area (Å²) in [5, 5.41) is 2.84. The quantitative estimate of drug-likeness (QED) is 0.304. The monoisotopic (exact) mass is 518 g/mol. The number of nitrogens with one attached hydrogen (secondary N) is 1. The van der Waals surface area contributed by atoms with Crippen molar-refractivity contribution in [3.63, 3.8) is 0 Å². The molecular weight excluding hydrogens is 492 g/mol. The molecule has 1 fully saturated rings. The van der Waals surface area contributed by atoms with Gasteiger partial charge in [0.05, 0.1) is 17.7 Å². The van der Waals surface area contributed by atoms with E-state index >= 15 is 0 Å². The average molecular weight is 519 g/mol. The number of thiocarbonyl (C=S) groups is 1. The largest absolute Gasteiger partial charge is 0.493 e. The van der Waals surface area contributed by atoms with Crippen LogP contribution in [0.2, 0.25) is 0 Å². The minimum absolute atomic E-state index is 0.169. The Hall–Kier alpha value is -3.62. The number of anilines is 2. The van der Waals surface area contributed by atoms with E-state index in [0.717, 1.165) is 33.6 Å². The standard InChI is InChI=1S/C28H26N2O4S2/c1-17-6-5-7-22(12-17)30-27(32)25(36-28(30)35)15-20-9-11-23(24(14-20)33-4)34-16-26(31)29-21-10-8-18(2)19(3)13-21/h5-15H,16H2,1-4H3,(H,29,31)/b25-15-. The first-order chi connectivity index (χ1) is 17.2. The topological polar surface area (TPSA) is 67.9 Å². The third-order valence-corrected chi connectivity index (χ3v) is 6.99. The number of aryl methyl sites for hydroxylation is 3. The maximum Gasteiger partial charge on any atom is 0.270 e. The van der Waals surface area contributed by atoms with Crippen molar-refractivity contribution in [2.45, 2.75) is 20.8 Å². The van der Waals surface area contributed by atoms with Crippen molar-refractivity contribution in [2.75, 3.05) is 23.9 Å². The van der Waals surface area contributed by atoms with Gasteiger partial charge in [0.1, 0.15) is 0 Å². The third kappa shape index (κ3) is 5.78. The maximum absolute atomic E-state index is 13.1. The van der Waals surface area contributed by atoms with E-state index in [1.165, 1.54) is 18.9 Å². The molecule has 1 aliphatic rings. The highest BCUT2D eigenvalue weighted by Crippen LogP contribution is 2.37. The van der Waals surface area contributed by atoms with E-state index in [4.69, 9.17) is 21.7 Å². The molecule has 1 heterocycles. The van der Waals surface area contributed by atoms with Gasteiger partial charge in [0.2, 0.25) is 0 Å². The first-order valence-electron chi connectivity index (χ1n) is 11.3. The van der Waals surface area contributed by atoms with Crippen LogP contribution in [0, 0.1) is 20.8 Å². The van der Waals surface area contributed by atoms with Crippen LogP contribution >= 0.6 is 24.0 Å². The third-order valence-electron chi connectivity index (χ3n) is 5.69. The molecule has 3 aromatic rings. The van der Waals surface area contributed by atoms with E-state index in [2.05, 4.69) is 5.32 Å². The zero-order valence-electron chi connectivity index (χ0n) is 20.5. The second-order valence-electron chi connectivity index (χ2n) is 8.40. The van der Waals surface area contributed by atoms with Crippen LogP contribution < -0.4 is 19.7 Å². The van der Waals surface area contributed by atoms with Crippen molar-refractivity contribution in [3.8, 4) is 11.5 Å². The van der Waals surface area contributed by atoms with Crippen molar-refractivity contribution >= 4 is 57.6 Å². The fourth-order valence-corrected chi connectivity index (χ4v) is 4.96. The highest BCUT2D eigenvalue weighted by molar-refractivity contribution is 8.27. The van der Waals surface area contributed by atoms with Gasteiger partial charge in [-0.05, 0) is 85.5 Å². The molecule has 0 aliphatic carbocycles. The molecule has 8 heteroatoms. The summed E-state index contributed by atoms with van der Waals surface area (Å²) >= 11 is 6.72. The Labute approximate surface area is 220 Å². The first kappa shape index (κ1) is 25.5. The number of carbonyl (C=O) groups excluding carboxylic acids is 2. The van der Waals surface area contributed by atoms with Gasteiger partial charge >= 0.3 is 0 Å². The lowest BCUT2D eigenvalue weighted by atomic mass is 10.1. The molecule has 6 nitrogen and oxygen atoms in total. The second-order valence-corrected chi connectivity index (χ2v) is 10.1. The summed E-state index contributed by atoms with van der Waals surface area (Å²) in [5.41, 5.74) is 5.53. The van der Waals surface area contributed by atoms with E-state index in [-0.39, 0.29) is 18.4 Å². The number of amides is 2. The minimum atomic E-state index is -0.274. The molecule has 184 valence electrons. The van der Waals surface area contributed by atoms with Gasteiger partial charge in [-0.25, -0.2) is 0 Å². The lowest BCUT2D eigenvalue weighted by Gasteiger charge is -2.14. The minimum Gasteiger partial charge on any atom is -0.493 e. The fraction of sp³-hybridized carbons (Fsp3) is 0.179. The molecule has 2 amide bonds. The first-order valence-corrected chi connectivity index (χ1v) is 12.5. The van der Waals surface area contributed by atoms with Crippen molar-refractivity contribution in [1.82, 2.24) is 0 Å². The molecule has 0 radical (unpaired) electrons. The molecule has 0 aromatic heterocycles. The van der Waals surface area contributed by atoms with Gasteiger partial charge in [0.15, 0.2) is 22.4 Å². The molecule has 0 bridgehead atoms. The van der Waals surface area contributed by atoms with Gasteiger partial charge in [-0.2, -0.15) is 0 Å². The van der Waals surface area contributed by atoms with E-state index in [9.17, 15) is 9.59 Å². The molecule has 1 saturated heterocycles. The van der Waals surface area contributed by atoms with Gasteiger partial charge in [-0.1, -0.05) is 48.2 Å². The number of methoxy groups -OCH3 is 1. The van der Waals surface area contributed by atoms with Crippen LogP contribution in [0.3, 0.4) is 0 Å². The second kappa shape index (κ2) is 11.0. The van der Waals surface area contributed by atoms with Crippen LogP contribution in [0.4, 0.5) is 11.4 Å². The van der Waals surface area contributed by atoms with Crippen LogP contribution in [-0.2, 0) is 9.59 Å². The molecule has 0 unspecified atom stereocenters. The number of rotatable bonds is 7. The molecule has 4 rings (SSSR count). The molecule has 1 N–H and O–H groups in total. The van der Waals surface area contributed by atoms with Gasteiger partial charge in [-0.3, -0.25) is 14.5 Å². The lowest BCUT2D eigenvalue weighted by molar-refractivity contribution is -0.118. The zero-order valence-corrected chi connectivity index (χ0v) is 22.1. The number of carbonyl (C=O) groups is 2. The summed E-state index contributed by atoms with van der Waals surface area (Å²) in [7, 11) is 1.53.